The van der Waals surface area contributed by atoms with Crippen LogP contribution in [0.2, 0.25) is 5.02 Å². The second-order valence-corrected chi connectivity index (χ2v) is 10.5. The highest BCUT2D eigenvalue weighted by molar-refractivity contribution is 6.34. The normalized spacial score (nSPS) is 19.5. The number of aryl methyl sites for hydroxylation is 1. The average molecular weight is 482 g/mol. The van der Waals surface area contributed by atoms with Gasteiger partial charge >= 0.3 is 0 Å². The molecule has 1 saturated heterocycles. The van der Waals surface area contributed by atoms with Crippen LogP contribution in [0.15, 0.2) is 30.7 Å². The van der Waals surface area contributed by atoms with E-state index >= 15 is 0 Å². The minimum Gasteiger partial charge on any atom is -0.337 e. The van der Waals surface area contributed by atoms with Gasteiger partial charge in [-0.25, -0.2) is 4.39 Å². The molecule has 1 saturated carbocycles. The fraction of sp³-hybridized carbons (Fsp3) is 0.440. The maximum Gasteiger partial charge on any atom is 0.255 e. The Morgan fingerprint density at radius 2 is 2.09 bits per heavy atom. The first-order chi connectivity index (χ1) is 16.3. The maximum atomic E-state index is 14.3. The molecule has 4 heterocycles. The van der Waals surface area contributed by atoms with Crippen molar-refractivity contribution in [2.45, 2.75) is 32.2 Å². The van der Waals surface area contributed by atoms with Gasteiger partial charge in [-0.15, -0.1) is 10.2 Å². The number of fused-ring (bicyclic) bond motifs is 2. The zero-order valence-electron chi connectivity index (χ0n) is 18.9. The number of hydrogen-bond donors (Lipinski definition) is 0. The molecular weight excluding hydrogens is 457 g/mol. The van der Waals surface area contributed by atoms with Crippen LogP contribution in [0.25, 0.3) is 5.65 Å². The third-order valence-electron chi connectivity index (χ3n) is 7.71. The Balaban J connectivity index is 1.02. The van der Waals surface area contributed by atoms with Crippen molar-refractivity contribution in [2.75, 3.05) is 26.7 Å². The molecule has 9 heteroatoms. The van der Waals surface area contributed by atoms with Crippen molar-refractivity contribution < 1.29 is 14.0 Å². The van der Waals surface area contributed by atoms with Crippen LogP contribution >= 0.6 is 11.6 Å². The zero-order valence-corrected chi connectivity index (χ0v) is 19.7. The van der Waals surface area contributed by atoms with Crippen LogP contribution < -0.4 is 0 Å². The number of rotatable bonds is 6. The van der Waals surface area contributed by atoms with Gasteiger partial charge in [-0.1, -0.05) is 11.6 Å². The molecule has 1 aliphatic carbocycles. The molecule has 1 amide bonds. The number of aromatic nitrogens is 3. The maximum absolute atomic E-state index is 14.3. The number of hydrogen-bond acceptors (Lipinski definition) is 5. The topological polar surface area (TPSA) is 70.8 Å². The lowest BCUT2D eigenvalue weighted by Gasteiger charge is -2.59. The number of carbonyl (C=O) groups is 2. The quantitative estimate of drug-likeness (QED) is 0.503. The first-order valence-electron chi connectivity index (χ1n) is 11.6. The molecule has 176 valence electrons. The highest BCUT2D eigenvalue weighted by Crippen LogP contribution is 2.53. The molecule has 0 radical (unpaired) electrons. The lowest BCUT2D eigenvalue weighted by Crippen LogP contribution is -2.63. The Morgan fingerprint density at radius 1 is 1.29 bits per heavy atom. The predicted octanol–water partition coefficient (Wildman–Crippen LogP) is 3.63. The lowest BCUT2D eigenvalue weighted by molar-refractivity contribution is -0.0837. The van der Waals surface area contributed by atoms with E-state index in [4.69, 9.17) is 11.6 Å². The van der Waals surface area contributed by atoms with Gasteiger partial charge in [-0.05, 0) is 67.0 Å². The van der Waals surface area contributed by atoms with Gasteiger partial charge in [-0.2, -0.15) is 0 Å². The minimum absolute atomic E-state index is 0.0115. The summed E-state index contributed by atoms with van der Waals surface area (Å²) in [4.78, 5) is 29.6. The number of likely N-dealkylation sites (tertiary alicyclic amines) is 1. The number of carbonyl (C=O) groups excluding carboxylic acids is 2. The second kappa shape index (κ2) is 7.85. The molecule has 6 rings (SSSR count). The summed E-state index contributed by atoms with van der Waals surface area (Å²) in [5.74, 6) is -0.193. The van der Waals surface area contributed by atoms with Crippen LogP contribution in [0.1, 0.15) is 51.1 Å². The van der Waals surface area contributed by atoms with E-state index in [1.54, 1.807) is 34.5 Å². The van der Waals surface area contributed by atoms with E-state index in [0.29, 0.717) is 40.3 Å². The average Bonchev–Trinajstić information content (AvgIpc) is 3.32. The number of pyridine rings is 1. The van der Waals surface area contributed by atoms with Crippen molar-refractivity contribution in [1.29, 1.82) is 0 Å². The van der Waals surface area contributed by atoms with Crippen LogP contribution in [0.3, 0.4) is 0 Å². The highest BCUT2D eigenvalue weighted by atomic mass is 35.5. The lowest BCUT2D eigenvalue weighted by atomic mass is 9.56. The third kappa shape index (κ3) is 3.43. The Hall–Kier alpha value is -2.84. The largest absolute Gasteiger partial charge is 0.337 e. The SMILES string of the molecule is CN1Cc2c(C(=O)C3CC4(C3)CN(CCCc3cc5nncn5cc3F)C4)ccc(Cl)c2C1=O. The molecule has 1 aromatic carbocycles. The van der Waals surface area contributed by atoms with Gasteiger partial charge in [0.1, 0.15) is 12.1 Å². The number of nitrogens with zero attached hydrogens (tertiary/aromatic N) is 5. The molecular formula is C25H25ClFN5O2. The number of benzene rings is 1. The fourth-order valence-corrected chi connectivity index (χ4v) is 6.28. The van der Waals surface area contributed by atoms with Crippen LogP contribution in [0, 0.1) is 17.2 Å². The molecule has 2 aliphatic heterocycles. The molecule has 3 aliphatic rings. The van der Waals surface area contributed by atoms with Crippen molar-refractivity contribution in [2.24, 2.45) is 11.3 Å². The molecule has 0 N–H and O–H groups in total. The second-order valence-electron chi connectivity index (χ2n) is 10.1. The van der Waals surface area contributed by atoms with Crippen LogP contribution in [0.5, 0.6) is 0 Å². The van der Waals surface area contributed by atoms with Crippen molar-refractivity contribution in [3.8, 4) is 0 Å². The van der Waals surface area contributed by atoms with E-state index in [0.717, 1.165) is 44.5 Å². The fourth-order valence-electron chi connectivity index (χ4n) is 6.02. The number of halogens is 2. The van der Waals surface area contributed by atoms with Crippen LogP contribution in [-0.2, 0) is 13.0 Å². The Morgan fingerprint density at radius 3 is 2.88 bits per heavy atom. The van der Waals surface area contributed by atoms with E-state index in [2.05, 4.69) is 15.1 Å². The van der Waals surface area contributed by atoms with Gasteiger partial charge in [0.15, 0.2) is 11.4 Å². The van der Waals surface area contributed by atoms with Crippen molar-refractivity contribution in [3.05, 3.63) is 63.8 Å². The Bertz CT molecular complexity index is 1320. The number of ketones is 1. The first-order valence-corrected chi connectivity index (χ1v) is 12.0. The van der Waals surface area contributed by atoms with E-state index in [1.807, 2.05) is 0 Å². The van der Waals surface area contributed by atoms with E-state index in [9.17, 15) is 14.0 Å². The molecule has 7 nitrogen and oxygen atoms in total. The van der Waals surface area contributed by atoms with Gasteiger partial charge in [0.2, 0.25) is 0 Å². The summed E-state index contributed by atoms with van der Waals surface area (Å²) >= 11 is 6.24. The molecule has 1 spiro atoms. The molecule has 0 atom stereocenters. The summed E-state index contributed by atoms with van der Waals surface area (Å²) in [6.45, 7) is 3.33. The molecule has 2 aromatic heterocycles. The third-order valence-corrected chi connectivity index (χ3v) is 8.03. The van der Waals surface area contributed by atoms with Crippen LogP contribution in [-0.4, -0.2) is 62.8 Å². The van der Waals surface area contributed by atoms with Gasteiger partial charge in [0.25, 0.3) is 5.91 Å². The van der Waals surface area contributed by atoms with Crippen molar-refractivity contribution in [1.82, 2.24) is 24.4 Å². The summed E-state index contributed by atoms with van der Waals surface area (Å²) < 4.78 is 15.8. The van der Waals surface area contributed by atoms with Crippen molar-refractivity contribution in [3.63, 3.8) is 0 Å². The van der Waals surface area contributed by atoms with Gasteiger partial charge < -0.3 is 9.80 Å². The Labute approximate surface area is 201 Å². The van der Waals surface area contributed by atoms with E-state index in [-0.39, 0.29) is 28.8 Å². The summed E-state index contributed by atoms with van der Waals surface area (Å²) in [6.07, 6.45) is 6.24. The first kappa shape index (κ1) is 21.7. The molecule has 0 bridgehead atoms. The summed E-state index contributed by atoms with van der Waals surface area (Å²) in [7, 11) is 1.73. The van der Waals surface area contributed by atoms with Crippen LogP contribution in [0.4, 0.5) is 4.39 Å². The minimum atomic E-state index is -0.227. The molecule has 34 heavy (non-hydrogen) atoms. The monoisotopic (exact) mass is 481 g/mol. The van der Waals surface area contributed by atoms with Gasteiger partial charge in [0, 0.05) is 44.4 Å². The van der Waals surface area contributed by atoms with Gasteiger partial charge in [-0.3, -0.25) is 14.0 Å². The van der Waals surface area contributed by atoms with E-state index < -0.39 is 0 Å². The molecule has 0 unspecified atom stereocenters. The molecule has 2 fully saturated rings. The summed E-state index contributed by atoms with van der Waals surface area (Å²) in [5, 5.41) is 8.21. The number of amides is 1. The Kier molecular flexibility index (Phi) is 5.00. The zero-order chi connectivity index (χ0) is 23.6. The van der Waals surface area contributed by atoms with E-state index in [1.165, 1.54) is 12.5 Å². The standard InChI is InChI=1S/C25H25ClFN5O2/c1-30-10-18-17(4-5-19(26)22(18)24(30)34)23(33)16-8-25(9-16)12-31(13-25)6-2-3-15-7-21-29-28-14-32(21)11-20(15)27/h4-5,7,11,14,16H,2-3,6,8-10,12-13H2,1H3. The smallest absolute Gasteiger partial charge is 0.255 e. The summed E-state index contributed by atoms with van der Waals surface area (Å²) in [5.41, 5.74) is 3.47. The number of Topliss-reactive ketones (excluding diaryl/α,β-unsaturated/α-hetero) is 1. The highest BCUT2D eigenvalue weighted by Gasteiger charge is 2.54. The van der Waals surface area contributed by atoms with Crippen molar-refractivity contribution >= 4 is 28.9 Å². The predicted molar refractivity (Wildman–Crippen MR) is 124 cm³/mol. The molecule has 3 aromatic rings. The summed E-state index contributed by atoms with van der Waals surface area (Å²) in [6, 6.07) is 5.22. The van der Waals surface area contributed by atoms with Gasteiger partial charge in [0.05, 0.1) is 10.6 Å².